The lowest BCUT2D eigenvalue weighted by Gasteiger charge is -2.23. The van der Waals surface area contributed by atoms with E-state index in [-0.39, 0.29) is 11.9 Å². The zero-order valence-electron chi connectivity index (χ0n) is 9.92. The summed E-state index contributed by atoms with van der Waals surface area (Å²) in [7, 11) is 0. The summed E-state index contributed by atoms with van der Waals surface area (Å²) < 4.78 is 0. The quantitative estimate of drug-likeness (QED) is 0.847. The third kappa shape index (κ3) is 3.20. The summed E-state index contributed by atoms with van der Waals surface area (Å²) in [5, 5.41) is 6.93. The molecule has 0 bridgehead atoms. The molecule has 1 saturated heterocycles. The van der Waals surface area contributed by atoms with Gasteiger partial charge in [0, 0.05) is 23.2 Å². The minimum Gasteiger partial charge on any atom is -0.348 e. The number of hydrogen-bond acceptors (Lipinski definition) is 2. The van der Waals surface area contributed by atoms with E-state index in [1.165, 1.54) is 0 Å². The number of aryl methyl sites for hydroxylation is 1. The second kappa shape index (κ2) is 5.52. The number of amides is 1. The van der Waals surface area contributed by atoms with Gasteiger partial charge >= 0.3 is 0 Å². The second-order valence-electron chi connectivity index (χ2n) is 4.48. The summed E-state index contributed by atoms with van der Waals surface area (Å²) in [5.41, 5.74) is 1.62. The van der Waals surface area contributed by atoms with Gasteiger partial charge in [-0.2, -0.15) is 0 Å². The minimum atomic E-state index is -0.0411. The van der Waals surface area contributed by atoms with Crippen molar-refractivity contribution >= 4 is 17.5 Å². The maximum atomic E-state index is 12.0. The lowest BCUT2D eigenvalue weighted by molar-refractivity contribution is 0.0930. The Labute approximate surface area is 107 Å². The van der Waals surface area contributed by atoms with E-state index in [2.05, 4.69) is 10.6 Å². The predicted molar refractivity (Wildman–Crippen MR) is 69.5 cm³/mol. The maximum absolute atomic E-state index is 12.0. The van der Waals surface area contributed by atoms with Crippen LogP contribution in [0.3, 0.4) is 0 Å². The third-order valence-corrected chi connectivity index (χ3v) is 3.47. The molecular weight excluding hydrogens is 236 g/mol. The summed E-state index contributed by atoms with van der Waals surface area (Å²) in [6.07, 6.45) is 2.15. The van der Waals surface area contributed by atoms with Gasteiger partial charge in [0.25, 0.3) is 5.91 Å². The SMILES string of the molecule is Cc1ccc(C(=O)N[C@@H]2CCCNC2)cc1Cl. The van der Waals surface area contributed by atoms with Crippen LogP contribution in [-0.4, -0.2) is 25.0 Å². The van der Waals surface area contributed by atoms with Crippen molar-refractivity contribution in [1.82, 2.24) is 10.6 Å². The van der Waals surface area contributed by atoms with Gasteiger partial charge in [-0.3, -0.25) is 4.79 Å². The maximum Gasteiger partial charge on any atom is 0.251 e. The van der Waals surface area contributed by atoms with Crippen molar-refractivity contribution in [3.8, 4) is 0 Å². The molecular formula is C13H17ClN2O. The number of nitrogens with one attached hydrogen (secondary N) is 2. The van der Waals surface area contributed by atoms with Crippen LogP contribution in [0.5, 0.6) is 0 Å². The first-order valence-electron chi connectivity index (χ1n) is 5.94. The van der Waals surface area contributed by atoms with Crippen molar-refractivity contribution in [2.24, 2.45) is 0 Å². The molecule has 3 nitrogen and oxygen atoms in total. The van der Waals surface area contributed by atoms with Crippen LogP contribution in [0.2, 0.25) is 5.02 Å². The van der Waals surface area contributed by atoms with Crippen LogP contribution >= 0.6 is 11.6 Å². The molecule has 1 amide bonds. The van der Waals surface area contributed by atoms with E-state index in [1.54, 1.807) is 6.07 Å². The van der Waals surface area contributed by atoms with Gasteiger partial charge in [0.1, 0.15) is 0 Å². The van der Waals surface area contributed by atoms with E-state index < -0.39 is 0 Å². The summed E-state index contributed by atoms with van der Waals surface area (Å²) in [4.78, 5) is 12.0. The summed E-state index contributed by atoms with van der Waals surface area (Å²) in [5.74, 6) is -0.0411. The van der Waals surface area contributed by atoms with E-state index in [0.29, 0.717) is 10.6 Å². The highest BCUT2D eigenvalue weighted by Crippen LogP contribution is 2.16. The van der Waals surface area contributed by atoms with Crippen molar-refractivity contribution in [3.05, 3.63) is 34.3 Å². The number of piperidine rings is 1. The Morgan fingerprint density at radius 3 is 3.00 bits per heavy atom. The van der Waals surface area contributed by atoms with Gasteiger partial charge in [0.2, 0.25) is 0 Å². The molecule has 0 saturated carbocycles. The van der Waals surface area contributed by atoms with Gasteiger partial charge in [-0.1, -0.05) is 17.7 Å². The molecule has 1 fully saturated rings. The van der Waals surface area contributed by atoms with Crippen molar-refractivity contribution in [2.75, 3.05) is 13.1 Å². The van der Waals surface area contributed by atoms with Crippen molar-refractivity contribution in [3.63, 3.8) is 0 Å². The number of carbonyl (C=O) groups excluding carboxylic acids is 1. The molecule has 1 aromatic rings. The van der Waals surface area contributed by atoms with Gasteiger partial charge in [-0.05, 0) is 44.0 Å². The lowest BCUT2D eigenvalue weighted by atomic mass is 10.1. The predicted octanol–water partition coefficient (Wildman–Crippen LogP) is 2.13. The molecule has 1 aromatic carbocycles. The van der Waals surface area contributed by atoms with Crippen LogP contribution in [0.4, 0.5) is 0 Å². The Kier molecular flexibility index (Phi) is 4.02. The van der Waals surface area contributed by atoms with Crippen LogP contribution in [-0.2, 0) is 0 Å². The topological polar surface area (TPSA) is 41.1 Å². The Morgan fingerprint density at radius 2 is 2.35 bits per heavy atom. The molecule has 92 valence electrons. The Morgan fingerprint density at radius 1 is 1.53 bits per heavy atom. The molecule has 0 aromatic heterocycles. The van der Waals surface area contributed by atoms with Gasteiger partial charge < -0.3 is 10.6 Å². The van der Waals surface area contributed by atoms with Gasteiger partial charge in [0.05, 0.1) is 0 Å². The molecule has 0 spiro atoms. The number of rotatable bonds is 2. The molecule has 2 N–H and O–H groups in total. The zero-order valence-corrected chi connectivity index (χ0v) is 10.7. The molecule has 0 unspecified atom stereocenters. The molecule has 17 heavy (non-hydrogen) atoms. The fourth-order valence-corrected chi connectivity index (χ4v) is 2.16. The average molecular weight is 253 g/mol. The summed E-state index contributed by atoms with van der Waals surface area (Å²) >= 11 is 6.01. The minimum absolute atomic E-state index is 0.0411. The van der Waals surface area contributed by atoms with E-state index in [4.69, 9.17) is 11.6 Å². The van der Waals surface area contributed by atoms with Crippen LogP contribution in [0.25, 0.3) is 0 Å². The number of benzene rings is 1. The number of carbonyl (C=O) groups is 1. The van der Waals surface area contributed by atoms with Crippen LogP contribution in [0, 0.1) is 6.92 Å². The lowest BCUT2D eigenvalue weighted by Crippen LogP contribution is -2.45. The molecule has 1 heterocycles. The molecule has 1 atom stereocenters. The molecule has 2 rings (SSSR count). The molecule has 1 aliphatic heterocycles. The first-order chi connectivity index (χ1) is 8.16. The summed E-state index contributed by atoms with van der Waals surface area (Å²) in [6.45, 7) is 3.82. The average Bonchev–Trinajstić information content (AvgIpc) is 2.34. The Hall–Kier alpha value is -1.06. The van der Waals surface area contributed by atoms with Gasteiger partial charge in [-0.15, -0.1) is 0 Å². The van der Waals surface area contributed by atoms with Crippen LogP contribution in [0.15, 0.2) is 18.2 Å². The number of hydrogen-bond donors (Lipinski definition) is 2. The highest BCUT2D eigenvalue weighted by molar-refractivity contribution is 6.31. The van der Waals surface area contributed by atoms with Crippen molar-refractivity contribution < 1.29 is 4.79 Å². The Balaban J connectivity index is 2.01. The van der Waals surface area contributed by atoms with Crippen molar-refractivity contribution in [1.29, 1.82) is 0 Å². The first kappa shape index (κ1) is 12.4. The third-order valence-electron chi connectivity index (χ3n) is 3.07. The summed E-state index contributed by atoms with van der Waals surface area (Å²) in [6, 6.07) is 5.64. The van der Waals surface area contributed by atoms with Crippen LogP contribution in [0.1, 0.15) is 28.8 Å². The zero-order chi connectivity index (χ0) is 12.3. The van der Waals surface area contributed by atoms with E-state index >= 15 is 0 Å². The highest BCUT2D eigenvalue weighted by atomic mass is 35.5. The highest BCUT2D eigenvalue weighted by Gasteiger charge is 2.16. The fraction of sp³-hybridized carbons (Fsp3) is 0.462. The van der Waals surface area contributed by atoms with E-state index in [1.807, 2.05) is 19.1 Å². The van der Waals surface area contributed by atoms with Gasteiger partial charge in [0.15, 0.2) is 0 Å². The van der Waals surface area contributed by atoms with E-state index in [9.17, 15) is 4.79 Å². The van der Waals surface area contributed by atoms with Gasteiger partial charge in [-0.25, -0.2) is 0 Å². The molecule has 0 aliphatic carbocycles. The molecule has 4 heteroatoms. The molecule has 0 radical (unpaired) electrons. The second-order valence-corrected chi connectivity index (χ2v) is 4.89. The largest absolute Gasteiger partial charge is 0.348 e. The smallest absolute Gasteiger partial charge is 0.251 e. The van der Waals surface area contributed by atoms with Crippen molar-refractivity contribution in [2.45, 2.75) is 25.8 Å². The standard InChI is InChI=1S/C13H17ClN2O/c1-9-4-5-10(7-12(9)14)13(17)16-11-3-2-6-15-8-11/h4-5,7,11,15H,2-3,6,8H2,1H3,(H,16,17)/t11-/m1/s1. The fourth-order valence-electron chi connectivity index (χ4n) is 1.98. The first-order valence-corrected chi connectivity index (χ1v) is 6.32. The number of halogens is 1. The normalized spacial score (nSPS) is 20.0. The van der Waals surface area contributed by atoms with Crippen LogP contribution < -0.4 is 10.6 Å². The van der Waals surface area contributed by atoms with E-state index in [0.717, 1.165) is 31.5 Å². The molecule has 1 aliphatic rings. The Bertz CT molecular complexity index is 414. The monoisotopic (exact) mass is 252 g/mol.